The number of fused-ring (bicyclic) bond motifs is 1. The van der Waals surface area contributed by atoms with Crippen molar-refractivity contribution in [1.82, 2.24) is 19.8 Å². The molecule has 41 heavy (non-hydrogen) atoms. The number of hydrogen-bond donors (Lipinski definition) is 1. The highest BCUT2D eigenvalue weighted by Gasteiger charge is 2.26. The van der Waals surface area contributed by atoms with E-state index in [2.05, 4.69) is 34.5 Å². The minimum Gasteiger partial charge on any atom is -0.467 e. The molecule has 0 saturated carbocycles. The van der Waals surface area contributed by atoms with Crippen LogP contribution in [0.1, 0.15) is 25.2 Å². The Kier molecular flexibility index (Phi) is 8.89. The van der Waals surface area contributed by atoms with Gasteiger partial charge in [0.05, 0.1) is 25.6 Å². The van der Waals surface area contributed by atoms with Crippen molar-refractivity contribution in [2.75, 3.05) is 38.6 Å². The van der Waals surface area contributed by atoms with E-state index in [1.165, 1.54) is 12.7 Å². The molecular weight excluding hydrogens is 514 g/mol. The number of ether oxygens (including phenoxy) is 1. The molecular formula is C33H37N5O3. The highest BCUT2D eigenvalue weighted by Crippen LogP contribution is 2.24. The largest absolute Gasteiger partial charge is 0.467 e. The predicted molar refractivity (Wildman–Crippen MR) is 161 cm³/mol. The Bertz CT molecular complexity index is 1480. The van der Waals surface area contributed by atoms with Crippen molar-refractivity contribution in [3.05, 3.63) is 90.3 Å². The Balaban J connectivity index is 1.20. The number of piperazine rings is 1. The zero-order valence-corrected chi connectivity index (χ0v) is 23.9. The molecule has 4 aromatic rings. The van der Waals surface area contributed by atoms with E-state index < -0.39 is 6.04 Å². The first-order valence-corrected chi connectivity index (χ1v) is 14.2. The lowest BCUT2D eigenvalue weighted by molar-refractivity contribution is -0.142. The quantitative estimate of drug-likeness (QED) is 0.299. The minimum absolute atomic E-state index is 0.0204. The topological polar surface area (TPSA) is 87.7 Å². The lowest BCUT2D eigenvalue weighted by atomic mass is 10.0. The lowest BCUT2D eigenvalue weighted by Gasteiger charge is -2.34. The maximum Gasteiger partial charge on any atom is 0.328 e. The molecule has 1 atom stereocenters. The first kappa shape index (κ1) is 28.2. The molecule has 5 rings (SSSR count). The van der Waals surface area contributed by atoms with Crippen LogP contribution in [0.3, 0.4) is 0 Å². The van der Waals surface area contributed by atoms with Gasteiger partial charge in [-0.2, -0.15) is 0 Å². The van der Waals surface area contributed by atoms with Crippen LogP contribution in [0.25, 0.3) is 22.0 Å². The van der Waals surface area contributed by atoms with Crippen molar-refractivity contribution in [3.63, 3.8) is 0 Å². The molecule has 8 nitrogen and oxygen atoms in total. The number of aromatic nitrogens is 2. The maximum atomic E-state index is 13.1. The van der Waals surface area contributed by atoms with E-state index in [0.717, 1.165) is 35.1 Å². The Hall–Kier alpha value is -4.30. The summed E-state index contributed by atoms with van der Waals surface area (Å²) < 4.78 is 5.01. The molecule has 1 fully saturated rings. The van der Waals surface area contributed by atoms with Crippen molar-refractivity contribution in [2.24, 2.45) is 5.92 Å². The van der Waals surface area contributed by atoms with Crippen LogP contribution in [0.15, 0.2) is 78.9 Å². The number of methoxy groups -OCH3 is 1. The highest BCUT2D eigenvalue weighted by atomic mass is 16.5. The van der Waals surface area contributed by atoms with Gasteiger partial charge in [0, 0.05) is 31.6 Å². The van der Waals surface area contributed by atoms with Crippen LogP contribution in [-0.2, 0) is 27.3 Å². The van der Waals surface area contributed by atoms with Gasteiger partial charge in [0.1, 0.15) is 17.7 Å². The summed E-state index contributed by atoms with van der Waals surface area (Å²) in [6.07, 6.45) is 0.398. The van der Waals surface area contributed by atoms with Crippen LogP contribution in [0.2, 0.25) is 0 Å². The molecule has 0 radical (unpaired) electrons. The first-order chi connectivity index (χ1) is 19.9. The van der Waals surface area contributed by atoms with Crippen LogP contribution < -0.4 is 5.32 Å². The van der Waals surface area contributed by atoms with Crippen LogP contribution in [-0.4, -0.2) is 71.0 Å². The van der Waals surface area contributed by atoms with E-state index in [1.54, 1.807) is 0 Å². The monoisotopic (exact) mass is 551 g/mol. The van der Waals surface area contributed by atoms with Gasteiger partial charge >= 0.3 is 5.97 Å². The molecule has 1 N–H and O–H groups in total. The Morgan fingerprint density at radius 1 is 0.854 bits per heavy atom. The summed E-state index contributed by atoms with van der Waals surface area (Å²) in [5.74, 6) is 1.15. The van der Waals surface area contributed by atoms with E-state index in [0.29, 0.717) is 37.7 Å². The van der Waals surface area contributed by atoms with Gasteiger partial charge in [-0.05, 0) is 34.7 Å². The van der Waals surface area contributed by atoms with Gasteiger partial charge in [0.25, 0.3) is 0 Å². The van der Waals surface area contributed by atoms with Gasteiger partial charge in [-0.25, -0.2) is 14.8 Å². The van der Waals surface area contributed by atoms with E-state index in [-0.39, 0.29) is 17.8 Å². The van der Waals surface area contributed by atoms with Gasteiger partial charge in [-0.15, -0.1) is 0 Å². The third kappa shape index (κ3) is 6.89. The number of carbonyl (C=O) groups is 2. The fourth-order valence-electron chi connectivity index (χ4n) is 5.16. The van der Waals surface area contributed by atoms with Crippen molar-refractivity contribution in [1.29, 1.82) is 0 Å². The number of nitrogens with one attached hydrogen (secondary N) is 1. The second-order valence-electron chi connectivity index (χ2n) is 10.8. The van der Waals surface area contributed by atoms with Crippen LogP contribution >= 0.6 is 0 Å². The maximum absolute atomic E-state index is 13.1. The number of benzene rings is 3. The summed E-state index contributed by atoms with van der Waals surface area (Å²) in [6, 6.07) is 25.8. The van der Waals surface area contributed by atoms with E-state index >= 15 is 0 Å². The second-order valence-corrected chi connectivity index (χ2v) is 10.8. The van der Waals surface area contributed by atoms with Gasteiger partial charge in [0.15, 0.2) is 0 Å². The summed E-state index contributed by atoms with van der Waals surface area (Å²) in [7, 11) is 1.40. The molecule has 2 heterocycles. The first-order valence-electron chi connectivity index (χ1n) is 14.2. The SMILES string of the molecule is COC(=O)[C@@H](Nc1nc(CN2CCN(C(=O)Cc3ccc(-c4ccccc4)cc3)CC2)nc2ccccc12)C(C)C. The van der Waals surface area contributed by atoms with Crippen LogP contribution in [0, 0.1) is 5.92 Å². The summed E-state index contributed by atoms with van der Waals surface area (Å²) in [5, 5.41) is 4.17. The molecule has 1 saturated heterocycles. The molecule has 1 aromatic heterocycles. The second kappa shape index (κ2) is 12.9. The van der Waals surface area contributed by atoms with E-state index in [1.807, 2.05) is 73.3 Å². The number of anilines is 1. The predicted octanol–water partition coefficient (Wildman–Crippen LogP) is 4.79. The zero-order valence-electron chi connectivity index (χ0n) is 23.9. The molecule has 0 unspecified atom stereocenters. The standard InChI is InChI=1S/C33H37N5O3/c1-23(2)31(33(40)41-3)36-32-27-11-7-8-12-28(27)34-29(35-32)22-37-17-19-38(20-18-37)30(39)21-24-13-15-26(16-14-24)25-9-5-4-6-10-25/h4-16,23,31H,17-22H2,1-3H3,(H,34,35,36)/t31-/m0/s1. The van der Waals surface area contributed by atoms with Crippen LogP contribution in [0.4, 0.5) is 5.82 Å². The van der Waals surface area contributed by atoms with Gasteiger partial charge in [-0.1, -0.05) is 80.6 Å². The van der Waals surface area contributed by atoms with Gasteiger partial charge < -0.3 is 15.0 Å². The van der Waals surface area contributed by atoms with Gasteiger partial charge in [0.2, 0.25) is 5.91 Å². The van der Waals surface area contributed by atoms with Crippen molar-refractivity contribution in [2.45, 2.75) is 32.9 Å². The molecule has 0 spiro atoms. The third-order valence-electron chi connectivity index (χ3n) is 7.57. The lowest BCUT2D eigenvalue weighted by Crippen LogP contribution is -2.48. The molecule has 3 aromatic carbocycles. The Morgan fingerprint density at radius 3 is 2.20 bits per heavy atom. The third-order valence-corrected chi connectivity index (χ3v) is 7.57. The number of amides is 1. The van der Waals surface area contributed by atoms with E-state index in [9.17, 15) is 9.59 Å². The Labute approximate surface area is 241 Å². The average molecular weight is 552 g/mol. The highest BCUT2D eigenvalue weighted by molar-refractivity contribution is 5.91. The number of carbonyl (C=O) groups excluding carboxylic acids is 2. The molecule has 8 heteroatoms. The summed E-state index contributed by atoms with van der Waals surface area (Å²) >= 11 is 0. The number of esters is 1. The van der Waals surface area contributed by atoms with Crippen molar-refractivity contribution < 1.29 is 14.3 Å². The molecule has 0 aliphatic carbocycles. The smallest absolute Gasteiger partial charge is 0.328 e. The number of nitrogens with zero attached hydrogens (tertiary/aromatic N) is 4. The summed E-state index contributed by atoms with van der Waals surface area (Å²) in [6.45, 7) is 7.32. The number of rotatable bonds is 9. The van der Waals surface area contributed by atoms with Crippen molar-refractivity contribution in [3.8, 4) is 11.1 Å². The molecule has 1 amide bonds. The Morgan fingerprint density at radius 2 is 1.51 bits per heavy atom. The molecule has 212 valence electrons. The minimum atomic E-state index is -0.518. The zero-order chi connectivity index (χ0) is 28.8. The summed E-state index contributed by atoms with van der Waals surface area (Å²) in [5.41, 5.74) is 4.16. The molecule has 1 aliphatic rings. The van der Waals surface area contributed by atoms with Crippen molar-refractivity contribution >= 4 is 28.6 Å². The fourth-order valence-corrected chi connectivity index (χ4v) is 5.16. The molecule has 0 bridgehead atoms. The molecule has 1 aliphatic heterocycles. The summed E-state index contributed by atoms with van der Waals surface area (Å²) in [4.78, 5) is 39.3. The van der Waals surface area contributed by atoms with E-state index in [4.69, 9.17) is 14.7 Å². The fraction of sp³-hybridized carbons (Fsp3) is 0.333. The average Bonchev–Trinajstić information content (AvgIpc) is 3.00. The number of para-hydroxylation sites is 1. The van der Waals surface area contributed by atoms with Crippen LogP contribution in [0.5, 0.6) is 0 Å². The normalized spacial score (nSPS) is 14.7. The van der Waals surface area contributed by atoms with Gasteiger partial charge in [-0.3, -0.25) is 9.69 Å². The number of hydrogen-bond acceptors (Lipinski definition) is 7.